The van der Waals surface area contributed by atoms with Crippen LogP contribution in [-0.2, 0) is 20.9 Å². The molecule has 0 aliphatic carbocycles. The number of aromatic nitrogens is 1. The van der Waals surface area contributed by atoms with E-state index in [1.165, 1.54) is 24.3 Å². The van der Waals surface area contributed by atoms with Gasteiger partial charge in [-0.15, -0.1) is 11.3 Å². The van der Waals surface area contributed by atoms with Crippen LogP contribution in [0.5, 0.6) is 0 Å². The third-order valence-electron chi connectivity index (χ3n) is 3.96. The molecule has 28 heavy (non-hydrogen) atoms. The summed E-state index contributed by atoms with van der Waals surface area (Å²) in [7, 11) is 0. The van der Waals surface area contributed by atoms with Gasteiger partial charge in [-0.3, -0.25) is 9.69 Å². The average molecular weight is 413 g/mol. The van der Waals surface area contributed by atoms with Crippen molar-refractivity contribution in [2.45, 2.75) is 27.4 Å². The molecule has 5 nitrogen and oxygen atoms in total. The molecule has 0 aliphatic heterocycles. The fraction of sp³-hybridized carbons (Fsp3) is 0.190. The molecule has 0 spiro atoms. The van der Waals surface area contributed by atoms with Crippen LogP contribution in [0.4, 0.5) is 10.8 Å². The molecular formula is C21H20N2O3S2. The van der Waals surface area contributed by atoms with Crippen molar-refractivity contribution >= 4 is 51.4 Å². The van der Waals surface area contributed by atoms with E-state index in [1.54, 1.807) is 27.7 Å². The minimum absolute atomic E-state index is 0.0575. The van der Waals surface area contributed by atoms with Crippen LogP contribution in [0, 0.1) is 13.8 Å². The highest BCUT2D eigenvalue weighted by molar-refractivity contribution is 7.14. The zero-order valence-electron chi connectivity index (χ0n) is 15.8. The van der Waals surface area contributed by atoms with E-state index >= 15 is 0 Å². The lowest BCUT2D eigenvalue weighted by Gasteiger charge is -2.20. The highest BCUT2D eigenvalue weighted by atomic mass is 32.1. The summed E-state index contributed by atoms with van der Waals surface area (Å²) < 4.78 is 5.24. The van der Waals surface area contributed by atoms with E-state index < -0.39 is 5.97 Å². The van der Waals surface area contributed by atoms with Crippen molar-refractivity contribution in [3.8, 4) is 0 Å². The lowest BCUT2D eigenvalue weighted by atomic mass is 10.1. The summed E-state index contributed by atoms with van der Waals surface area (Å²) in [4.78, 5) is 30.2. The van der Waals surface area contributed by atoms with Gasteiger partial charge in [0.05, 0.1) is 11.4 Å². The Morgan fingerprint density at radius 2 is 2.04 bits per heavy atom. The standard InChI is InChI=1S/C21H20N2O3S2/c1-14-4-6-19(15(2)10-14)23(16(3)24)21-22-18(13-28-21)11-26-20(25)7-5-17-8-9-27-12-17/h4-10,12-13H,11H2,1-3H3/b7-5+. The number of nitrogens with zero attached hydrogens (tertiary/aromatic N) is 2. The van der Waals surface area contributed by atoms with Crippen molar-refractivity contribution in [2.75, 3.05) is 4.90 Å². The Morgan fingerprint density at radius 3 is 2.71 bits per heavy atom. The van der Waals surface area contributed by atoms with E-state index in [9.17, 15) is 9.59 Å². The number of hydrogen-bond acceptors (Lipinski definition) is 6. The van der Waals surface area contributed by atoms with Crippen LogP contribution >= 0.6 is 22.7 Å². The molecular weight excluding hydrogens is 392 g/mol. The van der Waals surface area contributed by atoms with E-state index in [0.717, 1.165) is 22.4 Å². The molecule has 1 aromatic carbocycles. The van der Waals surface area contributed by atoms with Crippen LogP contribution in [0.1, 0.15) is 29.3 Å². The zero-order valence-corrected chi connectivity index (χ0v) is 17.5. The molecule has 0 atom stereocenters. The largest absolute Gasteiger partial charge is 0.456 e. The minimum Gasteiger partial charge on any atom is -0.456 e. The van der Waals surface area contributed by atoms with Gasteiger partial charge >= 0.3 is 5.97 Å². The van der Waals surface area contributed by atoms with Crippen molar-refractivity contribution in [3.63, 3.8) is 0 Å². The Hall–Kier alpha value is -2.77. The van der Waals surface area contributed by atoms with Crippen LogP contribution in [0.25, 0.3) is 6.08 Å². The number of aryl methyl sites for hydroxylation is 2. The number of rotatable bonds is 6. The molecule has 7 heteroatoms. The molecule has 0 N–H and O–H groups in total. The highest BCUT2D eigenvalue weighted by Crippen LogP contribution is 2.31. The molecule has 0 saturated carbocycles. The van der Waals surface area contributed by atoms with Gasteiger partial charge in [-0.1, -0.05) is 17.7 Å². The Morgan fingerprint density at radius 1 is 1.21 bits per heavy atom. The van der Waals surface area contributed by atoms with Gasteiger partial charge in [-0.2, -0.15) is 11.3 Å². The fourth-order valence-corrected chi connectivity index (χ4v) is 4.15. The van der Waals surface area contributed by atoms with Crippen LogP contribution in [0.15, 0.2) is 46.5 Å². The first-order chi connectivity index (χ1) is 13.4. The number of benzene rings is 1. The molecule has 0 bridgehead atoms. The maximum atomic E-state index is 12.3. The second-order valence-electron chi connectivity index (χ2n) is 6.26. The van der Waals surface area contributed by atoms with E-state index in [4.69, 9.17) is 4.74 Å². The van der Waals surface area contributed by atoms with Gasteiger partial charge in [0.2, 0.25) is 5.91 Å². The number of esters is 1. The first-order valence-corrected chi connectivity index (χ1v) is 10.5. The smallest absolute Gasteiger partial charge is 0.331 e. The van der Waals surface area contributed by atoms with Crippen molar-refractivity contribution in [3.05, 3.63) is 68.9 Å². The number of carbonyl (C=O) groups excluding carboxylic acids is 2. The highest BCUT2D eigenvalue weighted by Gasteiger charge is 2.20. The molecule has 1 amide bonds. The van der Waals surface area contributed by atoms with Gasteiger partial charge in [0.25, 0.3) is 0 Å². The fourth-order valence-electron chi connectivity index (χ4n) is 2.66. The SMILES string of the molecule is CC(=O)N(c1nc(COC(=O)/C=C/c2ccsc2)cs1)c1ccc(C)cc1C. The number of thiophene rings is 1. The molecule has 2 heterocycles. The molecule has 0 unspecified atom stereocenters. The van der Waals surface area contributed by atoms with Gasteiger partial charge in [0, 0.05) is 18.4 Å². The molecule has 3 rings (SSSR count). The van der Waals surface area contributed by atoms with Gasteiger partial charge in [-0.05, 0) is 53.9 Å². The molecule has 0 aliphatic rings. The Balaban J connectivity index is 1.69. The lowest BCUT2D eigenvalue weighted by Crippen LogP contribution is -2.23. The van der Waals surface area contributed by atoms with Crippen LogP contribution < -0.4 is 4.90 Å². The molecule has 3 aromatic rings. The van der Waals surface area contributed by atoms with Crippen molar-refractivity contribution < 1.29 is 14.3 Å². The Bertz CT molecular complexity index is 1010. The Kier molecular flexibility index (Phi) is 6.38. The van der Waals surface area contributed by atoms with Crippen LogP contribution in [0.2, 0.25) is 0 Å². The second-order valence-corrected chi connectivity index (χ2v) is 7.88. The zero-order chi connectivity index (χ0) is 20.1. The molecule has 144 valence electrons. The van der Waals surface area contributed by atoms with E-state index in [0.29, 0.717) is 10.8 Å². The summed E-state index contributed by atoms with van der Waals surface area (Å²) >= 11 is 2.91. The molecule has 0 saturated heterocycles. The van der Waals surface area contributed by atoms with Gasteiger partial charge < -0.3 is 4.74 Å². The number of ether oxygens (including phenoxy) is 1. The van der Waals surface area contributed by atoms with Crippen molar-refractivity contribution in [1.29, 1.82) is 0 Å². The maximum absolute atomic E-state index is 12.3. The molecule has 0 radical (unpaired) electrons. The number of carbonyl (C=O) groups is 2. The first-order valence-electron chi connectivity index (χ1n) is 8.63. The number of thiazole rings is 1. The normalized spacial score (nSPS) is 11.0. The lowest BCUT2D eigenvalue weighted by molar-refractivity contribution is -0.139. The van der Waals surface area contributed by atoms with Crippen LogP contribution in [-0.4, -0.2) is 16.9 Å². The summed E-state index contributed by atoms with van der Waals surface area (Å²) in [5.74, 6) is -0.554. The average Bonchev–Trinajstić information content (AvgIpc) is 3.32. The van der Waals surface area contributed by atoms with E-state index in [1.807, 2.05) is 48.9 Å². The monoisotopic (exact) mass is 412 g/mol. The summed E-state index contributed by atoms with van der Waals surface area (Å²) in [5.41, 5.74) is 4.50. The van der Waals surface area contributed by atoms with Gasteiger partial charge in [0.15, 0.2) is 5.13 Å². The number of amides is 1. The predicted octanol–water partition coefficient (Wildman–Crippen LogP) is 5.26. The number of hydrogen-bond donors (Lipinski definition) is 0. The quantitative estimate of drug-likeness (QED) is 0.409. The molecule has 2 aromatic heterocycles. The Labute approximate surface area is 171 Å². The third-order valence-corrected chi connectivity index (χ3v) is 5.53. The minimum atomic E-state index is -0.432. The summed E-state index contributed by atoms with van der Waals surface area (Å²) in [6.07, 6.45) is 3.11. The second kappa shape index (κ2) is 8.95. The summed E-state index contributed by atoms with van der Waals surface area (Å²) in [5, 5.41) is 6.24. The predicted molar refractivity (Wildman–Crippen MR) is 114 cm³/mol. The maximum Gasteiger partial charge on any atom is 0.331 e. The van der Waals surface area contributed by atoms with Gasteiger partial charge in [0.1, 0.15) is 6.61 Å². The summed E-state index contributed by atoms with van der Waals surface area (Å²) in [6.45, 7) is 5.55. The molecule has 0 fully saturated rings. The van der Waals surface area contributed by atoms with Crippen molar-refractivity contribution in [1.82, 2.24) is 4.98 Å². The van der Waals surface area contributed by atoms with Gasteiger partial charge in [-0.25, -0.2) is 9.78 Å². The van der Waals surface area contributed by atoms with E-state index in [-0.39, 0.29) is 12.5 Å². The summed E-state index contributed by atoms with van der Waals surface area (Å²) in [6, 6.07) is 7.84. The van der Waals surface area contributed by atoms with Crippen LogP contribution in [0.3, 0.4) is 0 Å². The third kappa shape index (κ3) is 4.94. The number of anilines is 2. The topological polar surface area (TPSA) is 59.5 Å². The van der Waals surface area contributed by atoms with Crippen molar-refractivity contribution in [2.24, 2.45) is 0 Å². The first kappa shape index (κ1) is 20.0. The van der Waals surface area contributed by atoms with E-state index in [2.05, 4.69) is 4.98 Å².